The van der Waals surface area contributed by atoms with E-state index < -0.39 is 8.32 Å². The Morgan fingerprint density at radius 2 is 1.85 bits per heavy atom. The summed E-state index contributed by atoms with van der Waals surface area (Å²) in [5.74, 6) is -0.128. The second-order valence-electron chi connectivity index (χ2n) is 11.2. The van der Waals surface area contributed by atoms with Gasteiger partial charge in [0.1, 0.15) is 0 Å². The van der Waals surface area contributed by atoms with Crippen LogP contribution in [0.5, 0.6) is 0 Å². The Balaban J connectivity index is 2.51. The fraction of sp³-hybridized carbons (Fsp3) is 0.889. The Kier molecular flexibility index (Phi) is 14.5. The first-order valence-electron chi connectivity index (χ1n) is 13.3. The summed E-state index contributed by atoms with van der Waals surface area (Å²) in [5.41, 5.74) is 0. The smallest absolute Gasteiger partial charge is 0.305 e. The Bertz CT molecular complexity index is 576. The number of rotatable bonds is 16. The first-order valence-corrected chi connectivity index (χ1v) is 16.6. The highest BCUT2D eigenvalue weighted by Crippen LogP contribution is 2.38. The summed E-state index contributed by atoms with van der Waals surface area (Å²) in [6, 6.07) is 0.420. The van der Waals surface area contributed by atoms with E-state index in [0.717, 1.165) is 45.2 Å². The summed E-state index contributed by atoms with van der Waals surface area (Å²) in [4.78, 5) is 13.8. The van der Waals surface area contributed by atoms with Crippen molar-refractivity contribution in [1.82, 2.24) is 4.90 Å². The minimum atomic E-state index is -1.75. The molecule has 0 aliphatic carbocycles. The first-order chi connectivity index (χ1) is 15.5. The summed E-state index contributed by atoms with van der Waals surface area (Å²) in [6.07, 6.45) is 16.5. The molecule has 3 atom stereocenters. The van der Waals surface area contributed by atoms with Gasteiger partial charge < -0.3 is 9.16 Å². The Labute approximate surface area is 210 Å². The van der Waals surface area contributed by atoms with Gasteiger partial charge in [0.25, 0.3) is 0 Å². The number of esters is 1. The van der Waals surface area contributed by atoms with E-state index in [9.17, 15) is 4.79 Å². The summed E-state index contributed by atoms with van der Waals surface area (Å²) >= 11 is 6.68. The largest absolute Gasteiger partial charge is 0.469 e. The number of alkyl halides is 1. The second-order valence-corrected chi connectivity index (χ2v) is 16.5. The Hall–Kier alpha value is -0.363. The molecule has 4 nitrogen and oxygen atoms in total. The number of hydrogen-bond donors (Lipinski definition) is 0. The number of nitrogens with zero attached hydrogens (tertiary/aromatic N) is 1. The molecular weight excluding hydrogens is 450 g/mol. The molecule has 1 rings (SSSR count). The molecule has 6 heteroatoms. The topological polar surface area (TPSA) is 38.8 Å². The lowest BCUT2D eigenvalue weighted by atomic mass is 10.1. The number of allylic oxidation sites excluding steroid dienone is 1. The zero-order valence-electron chi connectivity index (χ0n) is 22.6. The van der Waals surface area contributed by atoms with Crippen LogP contribution >= 0.6 is 11.6 Å². The van der Waals surface area contributed by atoms with Crippen molar-refractivity contribution in [3.8, 4) is 0 Å². The summed E-state index contributed by atoms with van der Waals surface area (Å²) < 4.78 is 11.5. The molecule has 0 bridgehead atoms. The molecule has 1 fully saturated rings. The molecule has 1 saturated heterocycles. The molecule has 0 aromatic carbocycles. The lowest BCUT2D eigenvalue weighted by Crippen LogP contribution is -2.44. The second kappa shape index (κ2) is 15.6. The molecule has 0 aromatic heterocycles. The number of methoxy groups -OCH3 is 1. The van der Waals surface area contributed by atoms with E-state index in [1.807, 2.05) is 0 Å². The quantitative estimate of drug-likeness (QED) is 0.0713. The van der Waals surface area contributed by atoms with Crippen LogP contribution in [0.3, 0.4) is 0 Å². The third kappa shape index (κ3) is 11.7. The minimum Gasteiger partial charge on any atom is -0.469 e. The van der Waals surface area contributed by atoms with Crippen LogP contribution in [0, 0.1) is 0 Å². The van der Waals surface area contributed by atoms with Gasteiger partial charge >= 0.3 is 5.97 Å². The number of hydrogen-bond acceptors (Lipinski definition) is 4. The lowest BCUT2D eigenvalue weighted by molar-refractivity contribution is -0.140. The summed E-state index contributed by atoms with van der Waals surface area (Å²) in [6.45, 7) is 16.2. The van der Waals surface area contributed by atoms with Crippen LogP contribution in [0.2, 0.25) is 18.1 Å². The van der Waals surface area contributed by atoms with Crippen LogP contribution in [0.25, 0.3) is 0 Å². The SMILES string of the molecule is CCCCCC(CCCN1CC[C@@H](Cl)[C@H]1CC=CCCCC(=O)OC)O[Si](C)(C)C(C)(C)C. The number of likely N-dealkylation sites (tertiary alicyclic amines) is 1. The van der Waals surface area contributed by atoms with Gasteiger partial charge in [-0.15, -0.1) is 11.6 Å². The van der Waals surface area contributed by atoms with Gasteiger partial charge in [0, 0.05) is 18.6 Å². The highest BCUT2D eigenvalue weighted by molar-refractivity contribution is 6.74. The normalized spacial score (nSPS) is 21.1. The zero-order chi connectivity index (χ0) is 24.9. The van der Waals surface area contributed by atoms with E-state index in [1.54, 1.807) is 0 Å². The highest BCUT2D eigenvalue weighted by Gasteiger charge is 2.39. The molecule has 0 aromatic rings. The van der Waals surface area contributed by atoms with Crippen molar-refractivity contribution >= 4 is 25.9 Å². The van der Waals surface area contributed by atoms with Crippen LogP contribution < -0.4 is 0 Å². The predicted octanol–water partition coefficient (Wildman–Crippen LogP) is 7.71. The number of carbonyl (C=O) groups excluding carboxylic acids is 1. The minimum absolute atomic E-state index is 0.128. The monoisotopic (exact) mass is 501 g/mol. The molecule has 0 radical (unpaired) electrons. The standard InChI is InChI=1S/C27H52ClNO3Si/c1-8-9-12-16-23(32-33(6,7)27(2,3)4)17-15-21-29-22-20-24(28)25(29)18-13-10-11-14-19-26(30)31-5/h10,13,23-25H,8-9,11-12,14-22H2,1-7H3/t23?,24-,25-/m1/s1. The number of carbonyl (C=O) groups is 1. The average molecular weight is 502 g/mol. The van der Waals surface area contributed by atoms with Crippen molar-refractivity contribution in [2.24, 2.45) is 0 Å². The summed E-state index contributed by atoms with van der Waals surface area (Å²) in [5, 5.41) is 0.485. The molecule has 194 valence electrons. The molecule has 1 aliphatic heterocycles. The van der Waals surface area contributed by atoms with Crippen molar-refractivity contribution < 1.29 is 14.0 Å². The number of unbranched alkanes of at least 4 members (excludes halogenated alkanes) is 3. The molecule has 0 saturated carbocycles. The number of ether oxygens (including phenoxy) is 1. The Morgan fingerprint density at radius 1 is 1.15 bits per heavy atom. The van der Waals surface area contributed by atoms with E-state index in [4.69, 9.17) is 20.8 Å². The van der Waals surface area contributed by atoms with Gasteiger partial charge in [-0.05, 0) is 76.2 Å². The molecule has 1 heterocycles. The van der Waals surface area contributed by atoms with Crippen molar-refractivity contribution in [3.05, 3.63) is 12.2 Å². The maximum absolute atomic E-state index is 11.2. The van der Waals surface area contributed by atoms with Crippen molar-refractivity contribution in [3.63, 3.8) is 0 Å². The lowest BCUT2D eigenvalue weighted by Gasteiger charge is -2.39. The van der Waals surface area contributed by atoms with Gasteiger partial charge in [-0.3, -0.25) is 9.69 Å². The zero-order valence-corrected chi connectivity index (χ0v) is 24.4. The van der Waals surface area contributed by atoms with E-state index >= 15 is 0 Å². The maximum Gasteiger partial charge on any atom is 0.305 e. The molecular formula is C27H52ClNO3Si. The molecule has 0 spiro atoms. The van der Waals surface area contributed by atoms with Crippen LogP contribution in [-0.2, 0) is 14.0 Å². The predicted molar refractivity (Wildman–Crippen MR) is 145 cm³/mol. The molecule has 1 unspecified atom stereocenters. The average Bonchev–Trinajstić information content (AvgIpc) is 3.08. The van der Waals surface area contributed by atoms with Gasteiger partial charge in [-0.1, -0.05) is 59.1 Å². The van der Waals surface area contributed by atoms with E-state index in [2.05, 4.69) is 57.8 Å². The first kappa shape index (κ1) is 30.7. The maximum atomic E-state index is 11.2. The van der Waals surface area contributed by atoms with Crippen molar-refractivity contribution in [2.75, 3.05) is 20.2 Å². The van der Waals surface area contributed by atoms with Crippen LogP contribution in [0.1, 0.15) is 98.3 Å². The van der Waals surface area contributed by atoms with Gasteiger partial charge in [0.2, 0.25) is 0 Å². The fourth-order valence-electron chi connectivity index (χ4n) is 4.27. The van der Waals surface area contributed by atoms with Crippen LogP contribution in [0.4, 0.5) is 0 Å². The van der Waals surface area contributed by atoms with Crippen molar-refractivity contribution in [1.29, 1.82) is 0 Å². The highest BCUT2D eigenvalue weighted by atomic mass is 35.5. The summed E-state index contributed by atoms with van der Waals surface area (Å²) in [7, 11) is -0.301. The third-order valence-corrected chi connectivity index (χ3v) is 12.5. The molecule has 33 heavy (non-hydrogen) atoms. The van der Waals surface area contributed by atoms with Crippen molar-refractivity contribution in [2.45, 2.75) is 134 Å². The molecule has 0 N–H and O–H groups in total. The van der Waals surface area contributed by atoms with Gasteiger partial charge in [-0.25, -0.2) is 0 Å². The fourth-order valence-corrected chi connectivity index (χ4v) is 6.05. The van der Waals surface area contributed by atoms with Gasteiger partial charge in [0.05, 0.1) is 12.5 Å². The van der Waals surface area contributed by atoms with Gasteiger partial charge in [0.15, 0.2) is 8.32 Å². The van der Waals surface area contributed by atoms with Gasteiger partial charge in [-0.2, -0.15) is 0 Å². The third-order valence-electron chi connectivity index (χ3n) is 7.47. The molecule has 0 amide bonds. The van der Waals surface area contributed by atoms with E-state index in [-0.39, 0.29) is 16.4 Å². The Morgan fingerprint density at radius 3 is 2.48 bits per heavy atom. The van der Waals surface area contributed by atoms with Crippen LogP contribution in [-0.4, -0.2) is 56.9 Å². The van der Waals surface area contributed by atoms with E-state index in [1.165, 1.54) is 39.2 Å². The number of halogens is 1. The molecule has 1 aliphatic rings. The van der Waals surface area contributed by atoms with Crippen LogP contribution in [0.15, 0.2) is 12.2 Å². The van der Waals surface area contributed by atoms with E-state index in [0.29, 0.717) is 18.6 Å².